The number of sulfonamides is 1. The van der Waals surface area contributed by atoms with Crippen molar-refractivity contribution in [2.24, 2.45) is 4.40 Å². The van der Waals surface area contributed by atoms with Gasteiger partial charge in [-0.3, -0.25) is 4.79 Å². The normalized spacial score (nSPS) is 15.3. The molecule has 7 nitrogen and oxygen atoms in total. The van der Waals surface area contributed by atoms with E-state index in [1.54, 1.807) is 30.1 Å². The summed E-state index contributed by atoms with van der Waals surface area (Å²) in [5.41, 5.74) is 1.60. The number of para-hydroxylation sites is 1. The number of hydrogen-bond acceptors (Lipinski definition) is 5. The number of carbonyl (C=O) groups excluding carboxylic acids is 1. The predicted molar refractivity (Wildman–Crippen MR) is 110 cm³/mol. The first kappa shape index (κ1) is 19.9. The topological polar surface area (TPSA) is 82.1 Å². The second kappa shape index (κ2) is 8.02. The lowest BCUT2D eigenvalue weighted by Crippen LogP contribution is -2.44. The van der Waals surface area contributed by atoms with Gasteiger partial charge in [0.05, 0.1) is 6.54 Å². The van der Waals surface area contributed by atoms with Gasteiger partial charge in [-0.15, -0.1) is 4.40 Å². The van der Waals surface area contributed by atoms with Crippen molar-refractivity contribution in [1.29, 1.82) is 0 Å². The molecular weight excluding hydrogens is 376 g/mol. The van der Waals surface area contributed by atoms with E-state index in [-0.39, 0.29) is 23.4 Å². The van der Waals surface area contributed by atoms with Crippen LogP contribution in [0.3, 0.4) is 0 Å². The van der Waals surface area contributed by atoms with E-state index in [1.165, 1.54) is 6.07 Å². The number of carbonyl (C=O) groups is 1. The lowest BCUT2D eigenvalue weighted by molar-refractivity contribution is -0.121. The molecule has 8 heteroatoms. The van der Waals surface area contributed by atoms with Gasteiger partial charge < -0.3 is 15.1 Å². The predicted octanol–water partition coefficient (Wildman–Crippen LogP) is 1.71. The average molecular weight is 401 g/mol. The van der Waals surface area contributed by atoms with Crippen molar-refractivity contribution >= 4 is 27.5 Å². The van der Waals surface area contributed by atoms with Crippen LogP contribution in [0.2, 0.25) is 0 Å². The van der Waals surface area contributed by atoms with Crippen LogP contribution in [0.15, 0.2) is 63.9 Å². The summed E-state index contributed by atoms with van der Waals surface area (Å²) in [6.07, 6.45) is 0. The van der Waals surface area contributed by atoms with Crippen LogP contribution < -0.4 is 10.2 Å². The van der Waals surface area contributed by atoms with Gasteiger partial charge in [-0.05, 0) is 31.2 Å². The summed E-state index contributed by atoms with van der Waals surface area (Å²) >= 11 is 0. The van der Waals surface area contributed by atoms with E-state index in [2.05, 4.69) is 14.6 Å². The third-order valence-electron chi connectivity index (χ3n) is 4.77. The third kappa shape index (κ3) is 4.17. The fourth-order valence-electron chi connectivity index (χ4n) is 3.03. The molecule has 3 rings (SSSR count). The van der Waals surface area contributed by atoms with Crippen molar-refractivity contribution in [2.45, 2.75) is 17.9 Å². The minimum atomic E-state index is -3.70. The summed E-state index contributed by atoms with van der Waals surface area (Å²) in [6, 6.07) is 16.7. The van der Waals surface area contributed by atoms with Crippen LogP contribution in [0.5, 0.6) is 0 Å². The molecule has 0 radical (unpaired) electrons. The van der Waals surface area contributed by atoms with Crippen LogP contribution in [0.25, 0.3) is 0 Å². The van der Waals surface area contributed by atoms with Gasteiger partial charge in [0, 0.05) is 37.9 Å². The summed E-state index contributed by atoms with van der Waals surface area (Å²) in [4.78, 5) is 16.2. The largest absolute Gasteiger partial charge is 0.370 e. The molecule has 0 bridgehead atoms. The number of amides is 1. The first-order chi connectivity index (χ1) is 13.3. The van der Waals surface area contributed by atoms with Gasteiger partial charge in [-0.2, -0.15) is 8.42 Å². The summed E-state index contributed by atoms with van der Waals surface area (Å²) in [5, 5.41) is 2.91. The van der Waals surface area contributed by atoms with E-state index >= 15 is 0 Å². The first-order valence-corrected chi connectivity index (χ1v) is 10.4. The number of anilines is 1. The molecule has 0 unspecified atom stereocenters. The summed E-state index contributed by atoms with van der Waals surface area (Å²) in [7, 11) is -0.0535. The second-order valence-corrected chi connectivity index (χ2v) is 8.41. The zero-order valence-electron chi connectivity index (χ0n) is 16.2. The molecule has 0 aliphatic carbocycles. The Balaban J connectivity index is 1.58. The van der Waals surface area contributed by atoms with Gasteiger partial charge in [-0.25, -0.2) is 0 Å². The summed E-state index contributed by atoms with van der Waals surface area (Å²) in [5.74, 6) is 0.0977. The number of benzene rings is 2. The van der Waals surface area contributed by atoms with E-state index in [1.807, 2.05) is 44.3 Å². The highest BCUT2D eigenvalue weighted by atomic mass is 32.2. The quantitative estimate of drug-likeness (QED) is 0.798. The number of amidine groups is 1. The van der Waals surface area contributed by atoms with E-state index in [0.29, 0.717) is 17.9 Å². The van der Waals surface area contributed by atoms with Crippen molar-refractivity contribution in [3.63, 3.8) is 0 Å². The molecule has 1 amide bonds. The smallest absolute Gasteiger partial charge is 0.285 e. The Labute approximate surface area is 165 Å². The van der Waals surface area contributed by atoms with Gasteiger partial charge in [-0.1, -0.05) is 30.3 Å². The van der Waals surface area contributed by atoms with Crippen molar-refractivity contribution in [3.05, 3.63) is 60.2 Å². The molecule has 1 atom stereocenters. The number of likely N-dealkylation sites (N-methyl/N-ethyl adjacent to an activating group) is 2. The van der Waals surface area contributed by atoms with E-state index in [0.717, 1.165) is 5.69 Å². The Morgan fingerprint density at radius 3 is 2.43 bits per heavy atom. The van der Waals surface area contributed by atoms with Crippen LogP contribution in [-0.2, 0) is 14.8 Å². The minimum Gasteiger partial charge on any atom is -0.370 e. The molecule has 0 fully saturated rings. The molecule has 1 aliphatic heterocycles. The molecule has 0 saturated heterocycles. The maximum absolute atomic E-state index is 12.4. The van der Waals surface area contributed by atoms with Crippen LogP contribution in [0.4, 0.5) is 5.69 Å². The lowest BCUT2D eigenvalue weighted by atomic mass is 10.2. The summed E-state index contributed by atoms with van der Waals surface area (Å²) in [6.45, 7) is 2.52. The van der Waals surface area contributed by atoms with E-state index in [4.69, 9.17) is 0 Å². The third-order valence-corrected chi connectivity index (χ3v) is 6.10. The van der Waals surface area contributed by atoms with Gasteiger partial charge >= 0.3 is 0 Å². The van der Waals surface area contributed by atoms with Crippen LogP contribution in [0, 0.1) is 0 Å². The van der Waals surface area contributed by atoms with Gasteiger partial charge in [0.15, 0.2) is 5.84 Å². The van der Waals surface area contributed by atoms with Gasteiger partial charge in [0.25, 0.3) is 10.0 Å². The molecule has 1 aliphatic rings. The van der Waals surface area contributed by atoms with Crippen molar-refractivity contribution < 1.29 is 13.2 Å². The van der Waals surface area contributed by atoms with Crippen LogP contribution >= 0.6 is 0 Å². The Bertz CT molecular complexity index is 990. The maximum atomic E-state index is 12.4. The van der Waals surface area contributed by atoms with E-state index < -0.39 is 10.0 Å². The molecular formula is C20H24N4O3S. The molecule has 28 heavy (non-hydrogen) atoms. The molecule has 148 valence electrons. The van der Waals surface area contributed by atoms with Crippen LogP contribution in [0.1, 0.15) is 12.5 Å². The highest BCUT2D eigenvalue weighted by Crippen LogP contribution is 2.26. The van der Waals surface area contributed by atoms with Crippen LogP contribution in [-0.4, -0.2) is 58.3 Å². The second-order valence-electron chi connectivity index (χ2n) is 6.84. The molecule has 0 aromatic heterocycles. The number of nitrogens with zero attached hydrogens (tertiary/aromatic N) is 3. The number of rotatable bonds is 6. The number of nitrogens with one attached hydrogen (secondary N) is 1. The highest BCUT2D eigenvalue weighted by molar-refractivity contribution is 7.90. The van der Waals surface area contributed by atoms with Crippen molar-refractivity contribution in [1.82, 2.24) is 10.2 Å². The zero-order valence-corrected chi connectivity index (χ0v) is 17.0. The zero-order chi connectivity index (χ0) is 20.3. The first-order valence-electron chi connectivity index (χ1n) is 8.99. The highest BCUT2D eigenvalue weighted by Gasteiger charge is 2.30. The van der Waals surface area contributed by atoms with Gasteiger partial charge in [0.1, 0.15) is 4.90 Å². The Morgan fingerprint density at radius 2 is 1.71 bits per heavy atom. The molecule has 0 saturated carbocycles. The van der Waals surface area contributed by atoms with Crippen molar-refractivity contribution in [3.8, 4) is 0 Å². The fourth-order valence-corrected chi connectivity index (χ4v) is 4.28. The number of hydrogen-bond donors (Lipinski definition) is 1. The molecule has 0 spiro atoms. The monoisotopic (exact) mass is 400 g/mol. The SMILES string of the molecule is C[C@H](CNC(=O)CN(C)C1=NS(=O)(=O)c2ccccc21)N(C)c1ccccc1. The Kier molecular flexibility index (Phi) is 5.69. The molecule has 1 N–H and O–H groups in total. The molecule has 2 aromatic carbocycles. The molecule has 1 heterocycles. The Hall–Kier alpha value is -2.87. The lowest BCUT2D eigenvalue weighted by Gasteiger charge is -2.27. The minimum absolute atomic E-state index is 0.0183. The van der Waals surface area contributed by atoms with E-state index in [9.17, 15) is 13.2 Å². The number of fused-ring (bicyclic) bond motifs is 1. The maximum Gasteiger partial charge on any atom is 0.285 e. The fraction of sp³-hybridized carbons (Fsp3) is 0.300. The Morgan fingerprint density at radius 1 is 1.07 bits per heavy atom. The van der Waals surface area contributed by atoms with Gasteiger partial charge in [0.2, 0.25) is 5.91 Å². The average Bonchev–Trinajstić information content (AvgIpc) is 2.98. The molecule has 2 aromatic rings. The summed E-state index contributed by atoms with van der Waals surface area (Å²) < 4.78 is 28.1. The van der Waals surface area contributed by atoms with Crippen molar-refractivity contribution in [2.75, 3.05) is 32.1 Å². The standard InChI is InChI=1S/C20H24N4O3S/c1-15(24(3)16-9-5-4-6-10-16)13-21-19(25)14-23(2)20-17-11-7-8-12-18(17)28(26,27)22-20/h4-12,15H,13-14H2,1-3H3,(H,21,25)/t15-/m1/s1.